The number of aromatic nitrogens is 2. The topological polar surface area (TPSA) is 84.7 Å². The van der Waals surface area contributed by atoms with Crippen molar-refractivity contribution in [1.29, 1.82) is 0 Å². The summed E-state index contributed by atoms with van der Waals surface area (Å²) in [5, 5.41) is 18.1. The van der Waals surface area contributed by atoms with Crippen LogP contribution in [0.1, 0.15) is 36.1 Å². The van der Waals surface area contributed by atoms with E-state index in [1.165, 1.54) is 12.3 Å². The Balaban J connectivity index is 0.000000235. The van der Waals surface area contributed by atoms with Crippen molar-refractivity contribution in [2.24, 2.45) is 0 Å². The molecule has 2 aromatic heterocycles. The van der Waals surface area contributed by atoms with Gasteiger partial charge in [0.1, 0.15) is 51.0 Å². The van der Waals surface area contributed by atoms with Gasteiger partial charge in [-0.1, -0.05) is 48.0 Å². The summed E-state index contributed by atoms with van der Waals surface area (Å²) in [5.74, 6) is -20.6. The third kappa shape index (κ3) is 12.8. The van der Waals surface area contributed by atoms with Gasteiger partial charge < -0.3 is 19.5 Å². The van der Waals surface area contributed by atoms with Gasteiger partial charge in [0.05, 0.1) is 5.69 Å². The van der Waals surface area contributed by atoms with E-state index < -0.39 is 106 Å². The van der Waals surface area contributed by atoms with E-state index in [2.05, 4.69) is 19.4 Å². The zero-order chi connectivity index (χ0) is 47.7. The quantitative estimate of drug-likeness (QED) is 0.0616. The van der Waals surface area contributed by atoms with Crippen LogP contribution in [-0.2, 0) is 12.2 Å². The molecule has 2 N–H and O–H groups in total. The maximum atomic E-state index is 14.4. The summed E-state index contributed by atoms with van der Waals surface area (Å²) in [6, 6.07) is 8.83. The minimum absolute atomic E-state index is 0.0635. The molecule has 0 aliphatic carbocycles. The van der Waals surface area contributed by atoms with Gasteiger partial charge in [0, 0.05) is 42.2 Å². The summed E-state index contributed by atoms with van der Waals surface area (Å²) in [6.07, 6.45) is 1.22. The monoisotopic (exact) mass is 934 g/mol. The van der Waals surface area contributed by atoms with E-state index in [-0.39, 0.29) is 47.7 Å². The Kier molecular flexibility index (Phi) is 16.7. The zero-order valence-electron chi connectivity index (χ0n) is 32.2. The molecule has 0 bridgehead atoms. The highest BCUT2D eigenvalue weighted by Gasteiger charge is 2.43. The van der Waals surface area contributed by atoms with Crippen molar-refractivity contribution in [3.05, 3.63) is 183 Å². The molecule has 0 atom stereocenters. The molecule has 6 nitrogen and oxygen atoms in total. The van der Waals surface area contributed by atoms with E-state index in [0.29, 0.717) is 17.3 Å². The predicted octanol–water partition coefficient (Wildman–Crippen LogP) is 11.6. The molecule has 2 heterocycles. The fourth-order valence-corrected chi connectivity index (χ4v) is 5.26. The first-order valence-electron chi connectivity index (χ1n) is 17.6. The van der Waals surface area contributed by atoms with E-state index in [1.54, 1.807) is 37.4 Å². The highest BCUT2D eigenvalue weighted by atomic mass is 35.5. The molecule has 0 fully saturated rings. The minimum Gasteiger partial charge on any atom is -0.429 e. The molecule has 22 heteroatoms. The highest BCUT2D eigenvalue weighted by Crippen LogP contribution is 2.38. The van der Waals surface area contributed by atoms with E-state index >= 15 is 0 Å². The van der Waals surface area contributed by atoms with Crippen molar-refractivity contribution in [3.63, 3.8) is 0 Å². The zero-order valence-corrected chi connectivity index (χ0v) is 33.0. The molecule has 6 aromatic rings. The Morgan fingerprint density at radius 3 is 1.23 bits per heavy atom. The molecule has 0 aliphatic heterocycles. The van der Waals surface area contributed by atoms with Crippen LogP contribution in [0.2, 0.25) is 5.15 Å². The van der Waals surface area contributed by atoms with Gasteiger partial charge in [-0.15, -0.1) is 0 Å². The molecule has 0 radical (unpaired) electrons. The van der Waals surface area contributed by atoms with Crippen molar-refractivity contribution < 1.29 is 81.0 Å². The molecule has 6 rings (SSSR count). The number of pyridine rings is 2. The molecule has 0 saturated carbocycles. The fraction of sp³-hybridized carbons (Fsp3) is 0.0952. The summed E-state index contributed by atoms with van der Waals surface area (Å²) in [4.78, 5) is 7.93. The second-order valence-corrected chi connectivity index (χ2v) is 13.0. The van der Waals surface area contributed by atoms with Gasteiger partial charge in [-0.25, -0.2) is 48.9 Å². The molecular formula is C42H26BClF14N2O4. The predicted molar refractivity (Wildman–Crippen MR) is 206 cm³/mol. The highest BCUT2D eigenvalue weighted by molar-refractivity contribution is 6.58. The number of nitrogens with zero attached hydrogens (tertiary/aromatic N) is 2. The summed E-state index contributed by atoms with van der Waals surface area (Å²) in [6.45, 7) is 3.75. The van der Waals surface area contributed by atoms with Crippen LogP contribution < -0.4 is 14.9 Å². The number of ether oxygens (including phenoxy) is 2. The van der Waals surface area contributed by atoms with Crippen LogP contribution >= 0.6 is 11.6 Å². The molecular weight excluding hydrogens is 909 g/mol. The Bertz CT molecular complexity index is 2560. The van der Waals surface area contributed by atoms with Gasteiger partial charge in [-0.3, -0.25) is 4.98 Å². The van der Waals surface area contributed by atoms with Crippen molar-refractivity contribution >= 4 is 36.3 Å². The van der Waals surface area contributed by atoms with Gasteiger partial charge in [0.25, 0.3) is 0 Å². The minimum atomic E-state index is -4.73. The normalized spacial score (nSPS) is 11.5. The van der Waals surface area contributed by atoms with Crippen LogP contribution in [-0.4, -0.2) is 27.1 Å². The number of hydrogen-bond donors (Lipinski definition) is 2. The maximum absolute atomic E-state index is 14.4. The van der Waals surface area contributed by atoms with Gasteiger partial charge in [-0.05, 0) is 66.8 Å². The standard InChI is InChI=1S/C21H12F7NO.C13H6BF7O3.C8H8ClN/c1-2-3-11-4-5-18(29-10-11)12-6-14(22)19(15(23)7-12)21(27,28)30-13-8-16(24)20(26)17(25)9-13;15-7-1-5(14(22)23)2-8(16)11(7)13(20,21)24-6-3-9(17)12(19)10(18)4-6;1-2-3-7-4-5-8(9)10-6-7/h2-10H,1H3;1-4,22-23H;2-6H,1H3. The van der Waals surface area contributed by atoms with E-state index in [9.17, 15) is 61.5 Å². The van der Waals surface area contributed by atoms with Crippen LogP contribution in [0.4, 0.5) is 61.5 Å². The molecule has 0 spiro atoms. The molecule has 64 heavy (non-hydrogen) atoms. The second kappa shape index (κ2) is 21.3. The number of halogens is 15. The third-order valence-corrected chi connectivity index (χ3v) is 8.17. The lowest BCUT2D eigenvalue weighted by atomic mass is 9.79. The van der Waals surface area contributed by atoms with Crippen LogP contribution in [0.15, 0.2) is 97.3 Å². The average molecular weight is 935 g/mol. The van der Waals surface area contributed by atoms with Crippen molar-refractivity contribution in [3.8, 4) is 22.8 Å². The summed E-state index contributed by atoms with van der Waals surface area (Å²) >= 11 is 5.58. The molecule has 0 saturated heterocycles. The SMILES string of the molecule is CC=Cc1ccc(-c2cc(F)c(C(F)(F)Oc3cc(F)c(F)c(F)c3)c(F)c2)nc1.CC=Cc1ccc(Cl)nc1.OB(O)c1cc(F)c(C(F)(F)Oc2cc(F)c(F)c(F)c2)c(F)c1. The fourth-order valence-electron chi connectivity index (χ4n) is 5.14. The second-order valence-electron chi connectivity index (χ2n) is 12.6. The van der Waals surface area contributed by atoms with Crippen molar-refractivity contribution in [2.75, 3.05) is 0 Å². The van der Waals surface area contributed by atoms with Gasteiger partial charge >= 0.3 is 19.3 Å². The first-order chi connectivity index (χ1) is 30.0. The van der Waals surface area contributed by atoms with E-state index in [0.717, 1.165) is 11.1 Å². The number of alkyl halides is 4. The first-order valence-corrected chi connectivity index (χ1v) is 18.0. The van der Waals surface area contributed by atoms with Crippen LogP contribution in [0.25, 0.3) is 23.4 Å². The van der Waals surface area contributed by atoms with Crippen molar-refractivity contribution in [2.45, 2.75) is 26.1 Å². The maximum Gasteiger partial charge on any atom is 0.488 e. The van der Waals surface area contributed by atoms with Crippen LogP contribution in [0.5, 0.6) is 11.5 Å². The van der Waals surface area contributed by atoms with Crippen LogP contribution in [0.3, 0.4) is 0 Å². The Morgan fingerprint density at radius 2 is 0.906 bits per heavy atom. The largest absolute Gasteiger partial charge is 0.488 e. The Labute approximate surface area is 358 Å². The average Bonchev–Trinajstić information content (AvgIpc) is 3.19. The van der Waals surface area contributed by atoms with Gasteiger partial charge in [0.15, 0.2) is 34.9 Å². The number of allylic oxidation sites excluding steroid dienone is 2. The van der Waals surface area contributed by atoms with Crippen molar-refractivity contribution in [1.82, 2.24) is 9.97 Å². The first kappa shape index (κ1) is 50.2. The molecule has 336 valence electrons. The van der Waals surface area contributed by atoms with Crippen LogP contribution in [0, 0.1) is 58.2 Å². The van der Waals surface area contributed by atoms with E-state index in [4.69, 9.17) is 21.6 Å². The number of hydrogen-bond acceptors (Lipinski definition) is 6. The molecule has 0 amide bonds. The third-order valence-electron chi connectivity index (χ3n) is 7.94. The Hall–Kier alpha value is -6.45. The Morgan fingerprint density at radius 1 is 0.531 bits per heavy atom. The smallest absolute Gasteiger partial charge is 0.429 e. The lowest BCUT2D eigenvalue weighted by Gasteiger charge is -2.20. The number of benzene rings is 4. The molecule has 0 unspecified atom stereocenters. The van der Waals surface area contributed by atoms with Gasteiger partial charge in [-0.2, -0.15) is 17.6 Å². The van der Waals surface area contributed by atoms with E-state index in [1.807, 2.05) is 25.1 Å². The summed E-state index contributed by atoms with van der Waals surface area (Å²) in [5.41, 5.74) is -2.65. The molecule has 4 aromatic carbocycles. The summed E-state index contributed by atoms with van der Waals surface area (Å²) in [7, 11) is -2.32. The molecule has 0 aliphatic rings. The number of rotatable bonds is 10. The summed E-state index contributed by atoms with van der Waals surface area (Å²) < 4.78 is 199. The van der Waals surface area contributed by atoms with Gasteiger partial charge in [0.2, 0.25) is 0 Å². The lowest BCUT2D eigenvalue weighted by Crippen LogP contribution is -2.33. The lowest BCUT2D eigenvalue weighted by molar-refractivity contribution is -0.190.